The third kappa shape index (κ3) is 4.20. The summed E-state index contributed by atoms with van der Waals surface area (Å²) in [6.07, 6.45) is 0. The Morgan fingerprint density at radius 2 is 1.02 bits per heavy atom. The molecular weight excluding hydrogens is 613 g/mol. The fourth-order valence-electron chi connectivity index (χ4n) is 7.86. The van der Waals surface area contributed by atoms with Crippen LogP contribution in [0.25, 0.3) is 88.1 Å². The van der Waals surface area contributed by atoms with E-state index in [0.717, 1.165) is 33.1 Å². The van der Waals surface area contributed by atoms with Crippen LogP contribution < -0.4 is 5.19 Å². The van der Waals surface area contributed by atoms with E-state index in [0.29, 0.717) is 0 Å². The fraction of sp³-hybridized carbons (Fsp3) is 0.0667. The van der Waals surface area contributed by atoms with Crippen LogP contribution >= 0.6 is 0 Å². The van der Waals surface area contributed by atoms with Crippen molar-refractivity contribution < 1.29 is 4.42 Å². The Labute approximate surface area is 285 Å². The van der Waals surface area contributed by atoms with Crippen LogP contribution in [0.5, 0.6) is 0 Å². The van der Waals surface area contributed by atoms with Crippen LogP contribution in [0.2, 0.25) is 19.6 Å². The Morgan fingerprint density at radius 1 is 0.429 bits per heavy atom. The Balaban J connectivity index is 1.18. The molecule has 0 atom stereocenters. The Hall–Kier alpha value is -5.84. The number of nitrogens with zero attached hydrogens (tertiary/aromatic N) is 2. The molecule has 3 heterocycles. The van der Waals surface area contributed by atoms with Crippen LogP contribution in [0.15, 0.2) is 156 Å². The van der Waals surface area contributed by atoms with Gasteiger partial charge in [0.25, 0.3) is 0 Å². The van der Waals surface area contributed by atoms with Gasteiger partial charge >= 0.3 is 0 Å². The van der Waals surface area contributed by atoms with E-state index in [2.05, 4.69) is 174 Å². The highest BCUT2D eigenvalue weighted by Gasteiger charge is 2.20. The van der Waals surface area contributed by atoms with Crippen molar-refractivity contribution in [2.24, 2.45) is 0 Å². The van der Waals surface area contributed by atoms with Gasteiger partial charge in [0, 0.05) is 38.0 Å². The first-order valence-corrected chi connectivity index (χ1v) is 20.5. The smallest absolute Gasteiger partial charge is 0.159 e. The lowest BCUT2D eigenvalue weighted by Gasteiger charge is -2.17. The Kier molecular flexibility index (Phi) is 5.94. The molecule has 7 aromatic carbocycles. The van der Waals surface area contributed by atoms with Gasteiger partial charge in [0.05, 0.1) is 35.8 Å². The summed E-state index contributed by atoms with van der Waals surface area (Å²) in [5.41, 5.74) is 11.2. The van der Waals surface area contributed by atoms with Crippen molar-refractivity contribution in [3.8, 4) is 22.5 Å². The van der Waals surface area contributed by atoms with Gasteiger partial charge in [-0.1, -0.05) is 122 Å². The van der Waals surface area contributed by atoms with Gasteiger partial charge in [0.15, 0.2) is 5.58 Å². The van der Waals surface area contributed by atoms with E-state index in [9.17, 15) is 0 Å². The highest BCUT2D eigenvalue weighted by molar-refractivity contribution is 6.88. The molecule has 0 saturated carbocycles. The van der Waals surface area contributed by atoms with Gasteiger partial charge in [0.2, 0.25) is 0 Å². The van der Waals surface area contributed by atoms with Crippen LogP contribution in [0, 0.1) is 0 Å². The monoisotopic (exact) mass is 646 g/mol. The molecule has 49 heavy (non-hydrogen) atoms. The van der Waals surface area contributed by atoms with Crippen LogP contribution in [0.4, 0.5) is 0 Å². The molecule has 0 unspecified atom stereocenters. The maximum Gasteiger partial charge on any atom is 0.159 e. The third-order valence-corrected chi connectivity index (χ3v) is 12.4. The van der Waals surface area contributed by atoms with Gasteiger partial charge in [-0.2, -0.15) is 0 Å². The van der Waals surface area contributed by atoms with E-state index in [4.69, 9.17) is 4.42 Å². The van der Waals surface area contributed by atoms with Crippen molar-refractivity contribution in [2.75, 3.05) is 0 Å². The summed E-state index contributed by atoms with van der Waals surface area (Å²) in [7, 11) is -1.39. The van der Waals surface area contributed by atoms with E-state index >= 15 is 0 Å². The van der Waals surface area contributed by atoms with Crippen molar-refractivity contribution in [3.05, 3.63) is 152 Å². The number of fused-ring (bicyclic) bond motifs is 9. The summed E-state index contributed by atoms with van der Waals surface area (Å²) in [6, 6.07) is 55.4. The van der Waals surface area contributed by atoms with Crippen LogP contribution in [-0.4, -0.2) is 17.2 Å². The average molecular weight is 647 g/mol. The maximum absolute atomic E-state index is 6.55. The number of hydrogen-bond donors (Lipinski definition) is 0. The largest absolute Gasteiger partial charge is 0.454 e. The first-order chi connectivity index (χ1) is 23.9. The molecule has 0 N–H and O–H groups in total. The first kappa shape index (κ1) is 28.2. The predicted octanol–water partition coefficient (Wildman–Crippen LogP) is 12.0. The van der Waals surface area contributed by atoms with Crippen LogP contribution in [0.3, 0.4) is 0 Å². The summed E-state index contributed by atoms with van der Waals surface area (Å²) >= 11 is 0. The molecule has 3 nitrogen and oxygen atoms in total. The number of benzene rings is 7. The lowest BCUT2D eigenvalue weighted by molar-refractivity contribution is 0.666. The SMILES string of the molecule is C[Si](C)(C)c1ccc(-n2c3ccccc3c3cc(-c4ccc5c6ccccc6n(-c6cccc7c6oc6ccccc67)c5c4)ccc32)cc1. The molecule has 4 heteroatoms. The third-order valence-electron chi connectivity index (χ3n) is 10.3. The molecule has 3 aromatic heterocycles. The topological polar surface area (TPSA) is 23.0 Å². The van der Waals surface area contributed by atoms with Crippen LogP contribution in [-0.2, 0) is 0 Å². The molecule has 0 radical (unpaired) electrons. The summed E-state index contributed by atoms with van der Waals surface area (Å²) in [5.74, 6) is 0. The molecule has 0 spiro atoms. The highest BCUT2D eigenvalue weighted by Crippen LogP contribution is 2.40. The van der Waals surface area contributed by atoms with Gasteiger partial charge < -0.3 is 13.6 Å². The normalized spacial score (nSPS) is 12.4. The molecule has 10 aromatic rings. The van der Waals surface area contributed by atoms with Crippen molar-refractivity contribution in [1.82, 2.24) is 9.13 Å². The van der Waals surface area contributed by atoms with Crippen LogP contribution in [0.1, 0.15) is 0 Å². The first-order valence-electron chi connectivity index (χ1n) is 17.0. The van der Waals surface area contributed by atoms with Crippen molar-refractivity contribution in [2.45, 2.75) is 19.6 Å². The molecule has 0 aliphatic carbocycles. The molecule has 234 valence electrons. The lowest BCUT2D eigenvalue weighted by Crippen LogP contribution is -2.37. The molecular formula is C45H34N2OSi. The lowest BCUT2D eigenvalue weighted by atomic mass is 10.0. The standard InChI is InChI=1S/C45H34N2OSi/c1-49(2,3)32-23-21-31(22-24-32)46-39-15-7-5-12-34(39)38-27-29(20-26-41(38)46)30-19-25-35-33-11-4-8-16-40(33)47(43(35)28-30)42-17-10-14-37-36-13-6-9-18-44(36)48-45(37)42/h4-28H,1-3H3. The quantitative estimate of drug-likeness (QED) is 0.175. The second kappa shape index (κ2) is 10.3. The zero-order valence-electron chi connectivity index (χ0n) is 27.7. The minimum atomic E-state index is -1.39. The van der Waals surface area contributed by atoms with E-state index in [1.54, 1.807) is 0 Å². The second-order valence-electron chi connectivity index (χ2n) is 14.2. The average Bonchev–Trinajstić information content (AvgIpc) is 3.78. The van der Waals surface area contributed by atoms with Crippen molar-refractivity contribution >= 4 is 78.8 Å². The number of rotatable bonds is 4. The van der Waals surface area contributed by atoms with Crippen molar-refractivity contribution in [3.63, 3.8) is 0 Å². The summed E-state index contributed by atoms with van der Waals surface area (Å²) in [4.78, 5) is 0. The second-order valence-corrected chi connectivity index (χ2v) is 19.3. The maximum atomic E-state index is 6.55. The molecule has 0 bridgehead atoms. The minimum Gasteiger partial charge on any atom is -0.454 e. The number of furan rings is 1. The van der Waals surface area contributed by atoms with Gasteiger partial charge in [0.1, 0.15) is 5.58 Å². The molecule has 0 aliphatic heterocycles. The van der Waals surface area contributed by atoms with E-state index in [-0.39, 0.29) is 0 Å². The molecule has 10 rings (SSSR count). The zero-order valence-corrected chi connectivity index (χ0v) is 28.7. The van der Waals surface area contributed by atoms with Gasteiger partial charge in [-0.3, -0.25) is 0 Å². The molecule has 0 saturated heterocycles. The Morgan fingerprint density at radius 3 is 1.80 bits per heavy atom. The van der Waals surface area contributed by atoms with E-state index < -0.39 is 8.07 Å². The minimum absolute atomic E-state index is 0.906. The van der Waals surface area contributed by atoms with E-state index in [1.165, 1.54) is 60.1 Å². The molecule has 0 aliphatic rings. The summed E-state index contributed by atoms with van der Waals surface area (Å²) in [5, 5.41) is 8.73. The predicted molar refractivity (Wildman–Crippen MR) is 211 cm³/mol. The number of aromatic nitrogens is 2. The fourth-order valence-corrected chi connectivity index (χ4v) is 9.03. The zero-order chi connectivity index (χ0) is 32.9. The van der Waals surface area contributed by atoms with Crippen molar-refractivity contribution in [1.29, 1.82) is 0 Å². The molecule has 0 fully saturated rings. The van der Waals surface area contributed by atoms with Gasteiger partial charge in [-0.25, -0.2) is 0 Å². The Bertz CT molecular complexity index is 2910. The van der Waals surface area contributed by atoms with Gasteiger partial charge in [-0.05, 0) is 65.7 Å². The summed E-state index contributed by atoms with van der Waals surface area (Å²) < 4.78 is 11.3. The number of para-hydroxylation sites is 4. The highest BCUT2D eigenvalue weighted by atomic mass is 28.3. The van der Waals surface area contributed by atoms with E-state index in [1.807, 2.05) is 6.07 Å². The number of hydrogen-bond acceptors (Lipinski definition) is 1. The molecule has 0 amide bonds. The summed E-state index contributed by atoms with van der Waals surface area (Å²) in [6.45, 7) is 7.21. The van der Waals surface area contributed by atoms with Gasteiger partial charge in [-0.15, -0.1) is 0 Å².